The number of fused-ring (bicyclic) bond motifs is 3. The molecular weight excluding hydrogens is 460 g/mol. The van der Waals surface area contributed by atoms with Crippen molar-refractivity contribution in [2.45, 2.75) is 43.4 Å². The minimum absolute atomic E-state index is 0.0118. The van der Waals surface area contributed by atoms with E-state index < -0.39 is 24.2 Å². The third-order valence-corrected chi connectivity index (χ3v) is 7.22. The van der Waals surface area contributed by atoms with E-state index in [0.717, 1.165) is 29.7 Å². The molecule has 2 aromatic carbocycles. The van der Waals surface area contributed by atoms with Gasteiger partial charge in [-0.2, -0.15) is 0 Å². The van der Waals surface area contributed by atoms with Crippen molar-refractivity contribution in [3.05, 3.63) is 71.3 Å². The van der Waals surface area contributed by atoms with E-state index in [2.05, 4.69) is 5.32 Å². The number of methoxy groups -OCH3 is 1. The van der Waals surface area contributed by atoms with Crippen LogP contribution in [0.1, 0.15) is 29.9 Å². The van der Waals surface area contributed by atoms with Gasteiger partial charge >= 0.3 is 0 Å². The molecule has 2 aliphatic carbocycles. The second kappa shape index (κ2) is 10.3. The Balaban J connectivity index is 1.48. The number of carbonyl (C=O) groups is 2. The van der Waals surface area contributed by atoms with Gasteiger partial charge in [0.25, 0.3) is 0 Å². The molecule has 3 N–H and O–H groups in total. The van der Waals surface area contributed by atoms with Crippen LogP contribution >= 0.6 is 0 Å². The zero-order valence-electron chi connectivity index (χ0n) is 20.3. The Labute approximate surface area is 210 Å². The Kier molecular flexibility index (Phi) is 6.98. The summed E-state index contributed by atoms with van der Waals surface area (Å²) < 4.78 is 11.5. The van der Waals surface area contributed by atoms with Crippen molar-refractivity contribution in [2.75, 3.05) is 26.8 Å². The van der Waals surface area contributed by atoms with Crippen molar-refractivity contribution >= 4 is 11.8 Å². The quantitative estimate of drug-likeness (QED) is 0.493. The topological polar surface area (TPSA) is 108 Å². The molecule has 36 heavy (non-hydrogen) atoms. The van der Waals surface area contributed by atoms with E-state index >= 15 is 0 Å². The number of hydrogen-bond donors (Lipinski definition) is 3. The Morgan fingerprint density at radius 3 is 2.72 bits per heavy atom. The van der Waals surface area contributed by atoms with Gasteiger partial charge in [-0.25, -0.2) is 0 Å². The monoisotopic (exact) mass is 492 g/mol. The Morgan fingerprint density at radius 1 is 1.17 bits per heavy atom. The lowest BCUT2D eigenvalue weighted by Crippen LogP contribution is -2.56. The van der Waals surface area contributed by atoms with Crippen molar-refractivity contribution < 1.29 is 29.3 Å². The summed E-state index contributed by atoms with van der Waals surface area (Å²) >= 11 is 0. The molecule has 190 valence electrons. The number of nitrogens with one attached hydrogen (secondary N) is 1. The molecule has 4 atom stereocenters. The fraction of sp³-hybridized carbons (Fsp3) is 0.429. The number of ether oxygens (including phenoxy) is 2. The number of amides is 2. The molecule has 0 saturated heterocycles. The molecule has 0 bridgehead atoms. The first-order valence-corrected chi connectivity index (χ1v) is 12.5. The zero-order chi connectivity index (χ0) is 25.2. The average Bonchev–Trinajstić information content (AvgIpc) is 3.68. The number of rotatable bonds is 9. The van der Waals surface area contributed by atoms with Gasteiger partial charge in [-0.05, 0) is 49.1 Å². The summed E-state index contributed by atoms with van der Waals surface area (Å²) in [4.78, 5) is 28.4. The Morgan fingerprint density at radius 2 is 1.97 bits per heavy atom. The van der Waals surface area contributed by atoms with Crippen LogP contribution in [0.15, 0.2) is 60.2 Å². The molecule has 8 heteroatoms. The van der Waals surface area contributed by atoms with Crippen LogP contribution in [0.5, 0.6) is 11.5 Å². The number of benzene rings is 2. The Bertz CT molecular complexity index is 1160. The highest BCUT2D eigenvalue weighted by Crippen LogP contribution is 2.47. The van der Waals surface area contributed by atoms with Crippen LogP contribution < -0.4 is 14.8 Å². The average molecular weight is 493 g/mol. The molecule has 3 aliphatic rings. The Hall–Kier alpha value is -3.36. The largest absolute Gasteiger partial charge is 0.497 e. The number of aliphatic hydroxyl groups excluding tert-OH is 2. The first kappa shape index (κ1) is 24.3. The van der Waals surface area contributed by atoms with Crippen molar-refractivity contribution in [2.24, 2.45) is 5.92 Å². The maximum Gasteiger partial charge on any atom is 0.247 e. The summed E-state index contributed by atoms with van der Waals surface area (Å²) in [6.45, 7) is 0.319. The van der Waals surface area contributed by atoms with Gasteiger partial charge in [-0.1, -0.05) is 30.3 Å². The molecule has 0 spiro atoms. The van der Waals surface area contributed by atoms with E-state index in [9.17, 15) is 19.8 Å². The molecular formula is C28H32N2O6. The van der Waals surface area contributed by atoms with Gasteiger partial charge in [0.2, 0.25) is 11.8 Å². The summed E-state index contributed by atoms with van der Waals surface area (Å²) in [7, 11) is 1.62. The molecule has 0 radical (unpaired) electrons. The van der Waals surface area contributed by atoms with E-state index in [4.69, 9.17) is 9.47 Å². The fourth-order valence-corrected chi connectivity index (χ4v) is 5.24. The minimum Gasteiger partial charge on any atom is -0.497 e. The molecule has 2 aromatic rings. The summed E-state index contributed by atoms with van der Waals surface area (Å²) in [6, 6.07) is 14.4. The summed E-state index contributed by atoms with van der Waals surface area (Å²) in [5.41, 5.74) is 2.30. The third-order valence-electron chi connectivity index (χ3n) is 7.22. The maximum absolute atomic E-state index is 13.4. The van der Waals surface area contributed by atoms with Crippen molar-refractivity contribution in [3.63, 3.8) is 0 Å². The minimum atomic E-state index is -1.01. The second-order valence-electron chi connectivity index (χ2n) is 9.59. The van der Waals surface area contributed by atoms with Crippen LogP contribution in [-0.4, -0.2) is 72.0 Å². The lowest BCUT2D eigenvalue weighted by molar-refractivity contribution is -0.138. The molecule has 5 rings (SSSR count). The van der Waals surface area contributed by atoms with E-state index in [1.54, 1.807) is 18.1 Å². The van der Waals surface area contributed by atoms with Gasteiger partial charge in [0.1, 0.15) is 23.7 Å². The van der Waals surface area contributed by atoms with Gasteiger partial charge in [-0.15, -0.1) is 0 Å². The number of hydrogen-bond acceptors (Lipinski definition) is 6. The van der Waals surface area contributed by atoms with Crippen molar-refractivity contribution in [1.82, 2.24) is 10.2 Å². The SMILES string of the molecule is COc1cccc(CCN(C(=O)C2CC2)C2C=C(C(=O)NCCO)C3c4ccccc4OC3C2O)c1. The number of carbonyl (C=O) groups excluding carboxylic acids is 2. The summed E-state index contributed by atoms with van der Waals surface area (Å²) in [5.74, 6) is 0.520. The van der Waals surface area contributed by atoms with Crippen LogP contribution in [0.2, 0.25) is 0 Å². The van der Waals surface area contributed by atoms with Crippen LogP contribution in [0.4, 0.5) is 0 Å². The first-order valence-electron chi connectivity index (χ1n) is 12.5. The summed E-state index contributed by atoms with van der Waals surface area (Å²) in [6.07, 6.45) is 2.27. The van der Waals surface area contributed by atoms with Crippen LogP contribution in [-0.2, 0) is 16.0 Å². The predicted molar refractivity (Wildman–Crippen MR) is 133 cm³/mol. The molecule has 1 aliphatic heterocycles. The van der Waals surface area contributed by atoms with Gasteiger partial charge in [0, 0.05) is 30.1 Å². The van der Waals surface area contributed by atoms with Gasteiger partial charge in [0.05, 0.1) is 25.7 Å². The van der Waals surface area contributed by atoms with Gasteiger partial charge < -0.3 is 29.9 Å². The number of para-hydroxylation sites is 1. The lowest BCUT2D eigenvalue weighted by Gasteiger charge is -2.41. The van der Waals surface area contributed by atoms with E-state index in [-0.39, 0.29) is 30.9 Å². The highest BCUT2D eigenvalue weighted by atomic mass is 16.5. The molecule has 4 unspecified atom stereocenters. The smallest absolute Gasteiger partial charge is 0.247 e. The van der Waals surface area contributed by atoms with E-state index in [1.165, 1.54) is 0 Å². The molecule has 2 amide bonds. The van der Waals surface area contributed by atoms with Crippen LogP contribution in [0.3, 0.4) is 0 Å². The maximum atomic E-state index is 13.4. The van der Waals surface area contributed by atoms with Gasteiger partial charge in [-0.3, -0.25) is 9.59 Å². The predicted octanol–water partition coefficient (Wildman–Crippen LogP) is 1.80. The first-order chi connectivity index (χ1) is 17.5. The van der Waals surface area contributed by atoms with E-state index in [0.29, 0.717) is 24.3 Å². The summed E-state index contributed by atoms with van der Waals surface area (Å²) in [5, 5.41) is 23.5. The highest BCUT2D eigenvalue weighted by Gasteiger charge is 2.51. The molecule has 1 fully saturated rings. The lowest BCUT2D eigenvalue weighted by atomic mass is 9.77. The standard InChI is InChI=1S/C28H32N2O6/c1-35-19-6-4-5-17(15-19)11-13-30(28(34)18-9-10-18)22-16-21(27(33)29-12-14-31)24-20-7-2-3-8-23(20)36-26(24)25(22)32/h2-8,15-16,18,22,24-26,31-32H,9-14H2,1H3,(H,29,33). The number of aliphatic hydroxyl groups is 2. The second-order valence-corrected chi connectivity index (χ2v) is 9.59. The fourth-order valence-electron chi connectivity index (χ4n) is 5.24. The van der Waals surface area contributed by atoms with Crippen molar-refractivity contribution in [3.8, 4) is 11.5 Å². The van der Waals surface area contributed by atoms with E-state index in [1.807, 2.05) is 48.5 Å². The molecule has 8 nitrogen and oxygen atoms in total. The molecule has 1 saturated carbocycles. The highest BCUT2D eigenvalue weighted by molar-refractivity contribution is 5.96. The molecule has 0 aromatic heterocycles. The third kappa shape index (κ3) is 4.70. The van der Waals surface area contributed by atoms with Gasteiger partial charge in [0.15, 0.2) is 0 Å². The van der Waals surface area contributed by atoms with Crippen molar-refractivity contribution in [1.29, 1.82) is 0 Å². The zero-order valence-corrected chi connectivity index (χ0v) is 20.3. The number of nitrogens with zero attached hydrogens (tertiary/aromatic N) is 1. The van der Waals surface area contributed by atoms with Crippen LogP contribution in [0, 0.1) is 5.92 Å². The van der Waals surface area contributed by atoms with Crippen LogP contribution in [0.25, 0.3) is 0 Å². The normalized spacial score (nSPS) is 24.1. The molecule has 1 heterocycles.